The van der Waals surface area contributed by atoms with Crippen molar-refractivity contribution in [2.75, 3.05) is 5.32 Å². The maximum atomic E-state index is 13.1. The van der Waals surface area contributed by atoms with Crippen LogP contribution in [0.3, 0.4) is 0 Å². The highest BCUT2D eigenvalue weighted by atomic mass is 19.1. The molecule has 2 amide bonds. The van der Waals surface area contributed by atoms with Crippen LogP contribution in [-0.2, 0) is 4.79 Å². The molecule has 0 saturated heterocycles. The average Bonchev–Trinajstić information content (AvgIpc) is 2.47. The summed E-state index contributed by atoms with van der Waals surface area (Å²) in [4.78, 5) is 23.0. The van der Waals surface area contributed by atoms with Gasteiger partial charge in [0, 0.05) is 17.3 Å². The summed E-state index contributed by atoms with van der Waals surface area (Å²) in [5.74, 6) is -1.10. The smallest absolute Gasteiger partial charge is 0.265 e. The van der Waals surface area contributed by atoms with Gasteiger partial charge in [0.2, 0.25) is 5.91 Å². The molecule has 1 atom stereocenters. The van der Waals surface area contributed by atoms with Crippen molar-refractivity contribution in [1.29, 1.82) is 0 Å². The Morgan fingerprint density at radius 1 is 1.18 bits per heavy atom. The predicted octanol–water partition coefficient (Wildman–Crippen LogP) is 2.33. The topological polar surface area (TPSA) is 81.4 Å². The van der Waals surface area contributed by atoms with Crippen molar-refractivity contribution in [3.8, 4) is 5.75 Å². The number of amides is 2. The summed E-state index contributed by atoms with van der Waals surface area (Å²) in [5, 5.41) is 2.63. The Kier molecular flexibility index (Phi) is 4.73. The molecule has 2 rings (SSSR count). The zero-order valence-corrected chi connectivity index (χ0v) is 11.9. The average molecular weight is 302 g/mol. The number of halogens is 1. The maximum absolute atomic E-state index is 13.1. The van der Waals surface area contributed by atoms with Gasteiger partial charge in [0.05, 0.1) is 0 Å². The number of anilines is 1. The van der Waals surface area contributed by atoms with Crippen molar-refractivity contribution in [3.05, 3.63) is 59.9 Å². The zero-order chi connectivity index (χ0) is 16.1. The van der Waals surface area contributed by atoms with E-state index in [1.807, 2.05) is 0 Å². The van der Waals surface area contributed by atoms with Gasteiger partial charge < -0.3 is 15.8 Å². The fourth-order valence-electron chi connectivity index (χ4n) is 1.76. The van der Waals surface area contributed by atoms with Crippen molar-refractivity contribution in [2.24, 2.45) is 5.73 Å². The monoisotopic (exact) mass is 302 g/mol. The van der Waals surface area contributed by atoms with Gasteiger partial charge in [0.25, 0.3) is 5.91 Å². The molecular weight excluding hydrogens is 287 g/mol. The van der Waals surface area contributed by atoms with Crippen LogP contribution in [0.4, 0.5) is 10.1 Å². The summed E-state index contributed by atoms with van der Waals surface area (Å²) in [7, 11) is 0. The third-order valence-electron chi connectivity index (χ3n) is 2.92. The Bertz CT molecular complexity index is 686. The van der Waals surface area contributed by atoms with Crippen molar-refractivity contribution in [1.82, 2.24) is 0 Å². The van der Waals surface area contributed by atoms with Gasteiger partial charge in [-0.3, -0.25) is 9.59 Å². The highest BCUT2D eigenvalue weighted by molar-refractivity contribution is 5.96. The van der Waals surface area contributed by atoms with Gasteiger partial charge in [0.15, 0.2) is 6.10 Å². The van der Waals surface area contributed by atoms with Gasteiger partial charge in [-0.2, -0.15) is 0 Å². The van der Waals surface area contributed by atoms with Crippen LogP contribution in [0, 0.1) is 5.82 Å². The van der Waals surface area contributed by atoms with E-state index >= 15 is 0 Å². The Morgan fingerprint density at radius 2 is 1.86 bits per heavy atom. The summed E-state index contributed by atoms with van der Waals surface area (Å²) >= 11 is 0. The summed E-state index contributed by atoms with van der Waals surface area (Å²) in [6, 6.07) is 11.7. The minimum atomic E-state index is -0.808. The van der Waals surface area contributed by atoms with Crippen molar-refractivity contribution in [2.45, 2.75) is 13.0 Å². The molecule has 0 aliphatic rings. The van der Waals surface area contributed by atoms with Gasteiger partial charge in [0.1, 0.15) is 11.6 Å². The lowest BCUT2D eigenvalue weighted by atomic mass is 10.2. The molecule has 5 nitrogen and oxygen atoms in total. The first kappa shape index (κ1) is 15.5. The van der Waals surface area contributed by atoms with Crippen LogP contribution in [0.5, 0.6) is 5.75 Å². The first-order chi connectivity index (χ1) is 10.5. The largest absolute Gasteiger partial charge is 0.481 e. The SMILES string of the molecule is C[C@@H](Oc1cccc(F)c1)C(=O)Nc1ccc(C(N)=O)cc1. The van der Waals surface area contributed by atoms with Gasteiger partial charge >= 0.3 is 0 Å². The summed E-state index contributed by atoms with van der Waals surface area (Å²) in [6.07, 6.45) is -0.808. The van der Waals surface area contributed by atoms with Crippen LogP contribution in [-0.4, -0.2) is 17.9 Å². The van der Waals surface area contributed by atoms with E-state index in [1.165, 1.54) is 30.3 Å². The number of primary amides is 1. The number of hydrogen-bond acceptors (Lipinski definition) is 3. The molecule has 2 aromatic rings. The van der Waals surface area contributed by atoms with Gasteiger partial charge in [-0.25, -0.2) is 4.39 Å². The van der Waals surface area contributed by atoms with E-state index in [0.29, 0.717) is 11.3 Å². The summed E-state index contributed by atoms with van der Waals surface area (Å²) < 4.78 is 18.4. The molecule has 0 spiro atoms. The van der Waals surface area contributed by atoms with E-state index in [2.05, 4.69) is 5.32 Å². The third kappa shape index (κ3) is 4.05. The quantitative estimate of drug-likeness (QED) is 0.889. The molecule has 0 unspecified atom stereocenters. The Morgan fingerprint density at radius 3 is 2.45 bits per heavy atom. The van der Waals surface area contributed by atoms with Crippen molar-refractivity contribution < 1.29 is 18.7 Å². The Hall–Kier alpha value is -2.89. The first-order valence-corrected chi connectivity index (χ1v) is 6.58. The normalized spacial score (nSPS) is 11.5. The standard InChI is InChI=1S/C16H15FN2O3/c1-10(22-14-4-2-3-12(17)9-14)16(21)19-13-7-5-11(6-8-13)15(18)20/h2-10H,1H3,(H2,18,20)(H,19,21)/t10-/m1/s1. The van der Waals surface area contributed by atoms with E-state index in [1.54, 1.807) is 25.1 Å². The van der Waals surface area contributed by atoms with E-state index in [9.17, 15) is 14.0 Å². The summed E-state index contributed by atoms with van der Waals surface area (Å²) in [6.45, 7) is 1.55. The van der Waals surface area contributed by atoms with Gasteiger partial charge in [-0.1, -0.05) is 6.07 Å². The number of rotatable bonds is 5. The Labute approximate surface area is 126 Å². The molecule has 0 aliphatic heterocycles. The van der Waals surface area contributed by atoms with E-state index in [4.69, 9.17) is 10.5 Å². The molecule has 0 radical (unpaired) electrons. The number of carbonyl (C=O) groups excluding carboxylic acids is 2. The minimum Gasteiger partial charge on any atom is -0.481 e. The fourth-order valence-corrected chi connectivity index (χ4v) is 1.76. The molecule has 6 heteroatoms. The number of hydrogen-bond donors (Lipinski definition) is 2. The molecule has 0 heterocycles. The van der Waals surface area contributed by atoms with Crippen LogP contribution in [0.2, 0.25) is 0 Å². The van der Waals surface area contributed by atoms with E-state index in [0.717, 1.165) is 0 Å². The van der Waals surface area contributed by atoms with Crippen LogP contribution < -0.4 is 15.8 Å². The molecule has 0 bridgehead atoms. The minimum absolute atomic E-state index is 0.270. The molecular formula is C16H15FN2O3. The lowest BCUT2D eigenvalue weighted by molar-refractivity contribution is -0.122. The third-order valence-corrected chi connectivity index (χ3v) is 2.92. The fraction of sp³-hybridized carbons (Fsp3) is 0.125. The van der Waals surface area contributed by atoms with Crippen LogP contribution in [0.1, 0.15) is 17.3 Å². The molecule has 0 aliphatic carbocycles. The van der Waals surface area contributed by atoms with Crippen molar-refractivity contribution in [3.63, 3.8) is 0 Å². The maximum Gasteiger partial charge on any atom is 0.265 e. The molecule has 0 fully saturated rings. The highest BCUT2D eigenvalue weighted by Crippen LogP contribution is 2.15. The molecule has 0 aromatic heterocycles. The number of nitrogens with one attached hydrogen (secondary N) is 1. The lowest BCUT2D eigenvalue weighted by Crippen LogP contribution is -2.30. The molecule has 3 N–H and O–H groups in total. The zero-order valence-electron chi connectivity index (χ0n) is 11.9. The second kappa shape index (κ2) is 6.71. The Balaban J connectivity index is 1.97. The lowest BCUT2D eigenvalue weighted by Gasteiger charge is -2.14. The van der Waals surface area contributed by atoms with Crippen molar-refractivity contribution >= 4 is 17.5 Å². The molecule has 22 heavy (non-hydrogen) atoms. The van der Waals surface area contributed by atoms with Crippen LogP contribution in [0.15, 0.2) is 48.5 Å². The number of carbonyl (C=O) groups is 2. The molecule has 114 valence electrons. The van der Waals surface area contributed by atoms with Crippen LogP contribution in [0.25, 0.3) is 0 Å². The van der Waals surface area contributed by atoms with Crippen LogP contribution >= 0.6 is 0 Å². The number of nitrogens with two attached hydrogens (primary N) is 1. The molecule has 2 aromatic carbocycles. The highest BCUT2D eigenvalue weighted by Gasteiger charge is 2.15. The van der Waals surface area contributed by atoms with E-state index in [-0.39, 0.29) is 5.75 Å². The van der Waals surface area contributed by atoms with Gasteiger partial charge in [-0.15, -0.1) is 0 Å². The second-order valence-corrected chi connectivity index (χ2v) is 4.65. The van der Waals surface area contributed by atoms with Gasteiger partial charge in [-0.05, 0) is 43.3 Å². The molecule has 0 saturated carbocycles. The first-order valence-electron chi connectivity index (χ1n) is 6.58. The predicted molar refractivity (Wildman–Crippen MR) is 80.1 cm³/mol. The van der Waals surface area contributed by atoms with E-state index < -0.39 is 23.7 Å². The summed E-state index contributed by atoms with van der Waals surface area (Å²) in [5.41, 5.74) is 5.99. The number of benzene rings is 2. The number of ether oxygens (including phenoxy) is 1. The second-order valence-electron chi connectivity index (χ2n) is 4.65.